The Kier molecular flexibility index (Phi) is 4.74. The van der Waals surface area contributed by atoms with Crippen LogP contribution in [0.4, 0.5) is 14.9 Å². The zero-order valence-corrected chi connectivity index (χ0v) is 12.4. The van der Waals surface area contributed by atoms with E-state index in [1.807, 2.05) is 31.2 Å². The molecule has 0 aliphatic heterocycles. The van der Waals surface area contributed by atoms with Gasteiger partial charge in [-0.1, -0.05) is 46.3 Å². The maximum absolute atomic E-state index is 13.4. The van der Waals surface area contributed by atoms with Gasteiger partial charge in [-0.25, -0.2) is 9.18 Å². The lowest BCUT2D eigenvalue weighted by atomic mass is 10.1. The number of benzene rings is 2. The van der Waals surface area contributed by atoms with Gasteiger partial charge in [0.15, 0.2) is 0 Å². The van der Waals surface area contributed by atoms with Crippen LogP contribution >= 0.6 is 15.9 Å². The van der Waals surface area contributed by atoms with Crippen LogP contribution in [0, 0.1) is 5.82 Å². The van der Waals surface area contributed by atoms with Gasteiger partial charge in [-0.15, -0.1) is 0 Å². The zero-order chi connectivity index (χ0) is 14.5. The van der Waals surface area contributed by atoms with Crippen LogP contribution in [0.15, 0.2) is 53.0 Å². The van der Waals surface area contributed by atoms with Crippen molar-refractivity contribution in [2.24, 2.45) is 0 Å². The first-order chi connectivity index (χ1) is 9.58. The Morgan fingerprint density at radius 2 is 1.80 bits per heavy atom. The van der Waals surface area contributed by atoms with Crippen molar-refractivity contribution in [3.8, 4) is 0 Å². The third-order valence-electron chi connectivity index (χ3n) is 2.84. The van der Waals surface area contributed by atoms with Crippen molar-refractivity contribution in [2.75, 3.05) is 5.32 Å². The van der Waals surface area contributed by atoms with Crippen molar-refractivity contribution in [3.05, 3.63) is 64.4 Å². The van der Waals surface area contributed by atoms with Crippen LogP contribution in [-0.2, 0) is 0 Å². The molecule has 5 heteroatoms. The number of hydrogen-bond acceptors (Lipinski definition) is 1. The highest BCUT2D eigenvalue weighted by atomic mass is 79.9. The largest absolute Gasteiger partial charge is 0.331 e. The molecule has 0 bridgehead atoms. The first-order valence-corrected chi connectivity index (χ1v) is 6.93. The second kappa shape index (κ2) is 6.52. The summed E-state index contributed by atoms with van der Waals surface area (Å²) in [5, 5.41) is 5.26. The molecule has 2 rings (SSSR count). The first kappa shape index (κ1) is 14.5. The SMILES string of the molecule is CC(NC(=O)Nc1ccccc1F)c1ccccc1Br. The average molecular weight is 337 g/mol. The van der Waals surface area contributed by atoms with Gasteiger partial charge in [-0.2, -0.15) is 0 Å². The number of urea groups is 1. The molecular formula is C15H14BrFN2O. The van der Waals surface area contributed by atoms with Gasteiger partial charge >= 0.3 is 6.03 Å². The third-order valence-corrected chi connectivity index (χ3v) is 3.56. The smallest absolute Gasteiger partial charge is 0.319 e. The molecule has 0 heterocycles. The maximum atomic E-state index is 13.4. The number of carbonyl (C=O) groups is 1. The molecule has 104 valence electrons. The van der Waals surface area contributed by atoms with Gasteiger partial charge in [0.25, 0.3) is 0 Å². The second-order valence-electron chi connectivity index (χ2n) is 4.32. The highest BCUT2D eigenvalue weighted by Crippen LogP contribution is 2.22. The molecule has 0 spiro atoms. The molecule has 3 nitrogen and oxygen atoms in total. The second-order valence-corrected chi connectivity index (χ2v) is 5.18. The van der Waals surface area contributed by atoms with Gasteiger partial charge in [-0.05, 0) is 30.7 Å². The number of halogens is 2. The molecule has 0 fully saturated rings. The van der Waals surface area contributed by atoms with Gasteiger partial charge in [0, 0.05) is 4.47 Å². The summed E-state index contributed by atoms with van der Waals surface area (Å²) in [5.41, 5.74) is 1.11. The fraction of sp³-hybridized carbons (Fsp3) is 0.133. The molecule has 0 radical (unpaired) electrons. The van der Waals surface area contributed by atoms with E-state index < -0.39 is 11.8 Å². The van der Waals surface area contributed by atoms with Gasteiger partial charge in [-0.3, -0.25) is 0 Å². The molecule has 0 saturated carbocycles. The summed E-state index contributed by atoms with van der Waals surface area (Å²) in [4.78, 5) is 11.9. The predicted molar refractivity (Wildman–Crippen MR) is 81.1 cm³/mol. The topological polar surface area (TPSA) is 41.1 Å². The molecule has 0 aliphatic rings. The molecule has 1 unspecified atom stereocenters. The zero-order valence-electron chi connectivity index (χ0n) is 10.9. The number of carbonyl (C=O) groups excluding carboxylic acids is 1. The van der Waals surface area contributed by atoms with Crippen LogP contribution in [0.25, 0.3) is 0 Å². The lowest BCUT2D eigenvalue weighted by Crippen LogP contribution is -2.31. The van der Waals surface area contributed by atoms with Crippen molar-refractivity contribution >= 4 is 27.6 Å². The van der Waals surface area contributed by atoms with Crippen molar-refractivity contribution in [1.82, 2.24) is 5.32 Å². The van der Waals surface area contributed by atoms with Crippen molar-refractivity contribution in [2.45, 2.75) is 13.0 Å². The Bertz CT molecular complexity index is 618. The predicted octanol–water partition coefficient (Wildman–Crippen LogP) is 4.47. The van der Waals surface area contributed by atoms with Crippen LogP contribution in [0.1, 0.15) is 18.5 Å². The van der Waals surface area contributed by atoms with Crippen molar-refractivity contribution in [3.63, 3.8) is 0 Å². The van der Waals surface area contributed by atoms with E-state index >= 15 is 0 Å². The Morgan fingerprint density at radius 3 is 2.50 bits per heavy atom. The van der Waals surface area contributed by atoms with E-state index in [-0.39, 0.29) is 11.7 Å². The van der Waals surface area contributed by atoms with E-state index in [0.717, 1.165) is 10.0 Å². The molecule has 0 saturated heterocycles. The summed E-state index contributed by atoms with van der Waals surface area (Å²) in [6.07, 6.45) is 0. The van der Waals surface area contributed by atoms with E-state index in [1.165, 1.54) is 12.1 Å². The summed E-state index contributed by atoms with van der Waals surface area (Å²) in [5.74, 6) is -0.462. The lowest BCUT2D eigenvalue weighted by Gasteiger charge is -2.16. The minimum absolute atomic E-state index is 0.157. The maximum Gasteiger partial charge on any atom is 0.319 e. The van der Waals surface area contributed by atoms with Crippen molar-refractivity contribution < 1.29 is 9.18 Å². The molecule has 2 amide bonds. The van der Waals surface area contributed by atoms with Crippen LogP contribution in [-0.4, -0.2) is 6.03 Å². The molecule has 2 N–H and O–H groups in total. The highest BCUT2D eigenvalue weighted by molar-refractivity contribution is 9.10. The van der Waals surface area contributed by atoms with Crippen LogP contribution in [0.3, 0.4) is 0 Å². The first-order valence-electron chi connectivity index (χ1n) is 6.14. The number of anilines is 1. The van der Waals surface area contributed by atoms with Gasteiger partial charge in [0.1, 0.15) is 5.82 Å². The monoisotopic (exact) mass is 336 g/mol. The quantitative estimate of drug-likeness (QED) is 0.852. The molecule has 2 aromatic rings. The Labute approximate surface area is 125 Å². The number of rotatable bonds is 3. The van der Waals surface area contributed by atoms with Gasteiger partial charge < -0.3 is 10.6 Å². The average Bonchev–Trinajstić information content (AvgIpc) is 2.41. The van der Waals surface area contributed by atoms with Crippen molar-refractivity contribution in [1.29, 1.82) is 0 Å². The summed E-state index contributed by atoms with van der Waals surface area (Å²) in [7, 11) is 0. The van der Waals surface area contributed by atoms with Gasteiger partial charge in [0.2, 0.25) is 0 Å². The van der Waals surface area contributed by atoms with Gasteiger partial charge in [0.05, 0.1) is 11.7 Å². The Hall–Kier alpha value is -1.88. The van der Waals surface area contributed by atoms with E-state index in [4.69, 9.17) is 0 Å². The molecule has 2 aromatic carbocycles. The van der Waals surface area contributed by atoms with E-state index in [2.05, 4.69) is 26.6 Å². The van der Waals surface area contributed by atoms with E-state index in [1.54, 1.807) is 12.1 Å². The van der Waals surface area contributed by atoms with E-state index in [9.17, 15) is 9.18 Å². The molecular weight excluding hydrogens is 323 g/mol. The number of nitrogens with one attached hydrogen (secondary N) is 2. The van der Waals surface area contributed by atoms with E-state index in [0.29, 0.717) is 0 Å². The van der Waals surface area contributed by atoms with Crippen LogP contribution < -0.4 is 10.6 Å². The summed E-state index contributed by atoms with van der Waals surface area (Å²) in [6.45, 7) is 1.86. The summed E-state index contributed by atoms with van der Waals surface area (Å²) >= 11 is 3.43. The lowest BCUT2D eigenvalue weighted by molar-refractivity contribution is 0.249. The Balaban J connectivity index is 2.02. The Morgan fingerprint density at radius 1 is 1.15 bits per heavy atom. The highest BCUT2D eigenvalue weighted by Gasteiger charge is 2.12. The third kappa shape index (κ3) is 3.57. The molecule has 20 heavy (non-hydrogen) atoms. The normalized spacial score (nSPS) is 11.8. The standard InChI is InChI=1S/C15H14BrFN2O/c1-10(11-6-2-3-7-12(11)16)18-15(20)19-14-9-5-4-8-13(14)17/h2-10H,1H3,(H2,18,19,20). The minimum atomic E-state index is -0.462. The number of hydrogen-bond donors (Lipinski definition) is 2. The number of para-hydroxylation sites is 1. The number of amides is 2. The molecule has 0 aliphatic carbocycles. The summed E-state index contributed by atoms with van der Waals surface area (Å²) < 4.78 is 14.3. The van der Waals surface area contributed by atoms with Crippen LogP contribution in [0.2, 0.25) is 0 Å². The van der Waals surface area contributed by atoms with Crippen LogP contribution in [0.5, 0.6) is 0 Å². The minimum Gasteiger partial charge on any atom is -0.331 e. The molecule has 1 atom stereocenters. The fourth-order valence-electron chi connectivity index (χ4n) is 1.82. The fourth-order valence-corrected chi connectivity index (χ4v) is 2.45. The summed E-state index contributed by atoms with van der Waals surface area (Å²) in [6, 6.07) is 13.0. The molecule has 0 aromatic heterocycles.